The number of carbonyl (C=O) groups is 3. The van der Waals surface area contributed by atoms with Gasteiger partial charge in [-0.2, -0.15) is 0 Å². The molecule has 3 amide bonds. The number of rotatable bonds is 5. The molecule has 0 radical (unpaired) electrons. The van der Waals surface area contributed by atoms with Crippen LogP contribution in [0.15, 0.2) is 24.3 Å². The van der Waals surface area contributed by atoms with Gasteiger partial charge in [-0.3, -0.25) is 15.1 Å². The van der Waals surface area contributed by atoms with Crippen LogP contribution in [0.25, 0.3) is 10.9 Å². The maximum Gasteiger partial charge on any atom is 0.339 e. The molecule has 0 aliphatic heterocycles. The number of ether oxygens (including phenoxy) is 1. The highest BCUT2D eigenvalue weighted by Crippen LogP contribution is 2.24. The van der Waals surface area contributed by atoms with E-state index in [-0.39, 0.29) is 6.04 Å². The number of fused-ring (bicyclic) bond motifs is 1. The number of amides is 3. The van der Waals surface area contributed by atoms with Crippen molar-refractivity contribution in [3.8, 4) is 0 Å². The summed E-state index contributed by atoms with van der Waals surface area (Å²) in [5.74, 6) is -1.25. The van der Waals surface area contributed by atoms with Crippen LogP contribution in [0, 0.1) is 6.92 Å². The van der Waals surface area contributed by atoms with E-state index in [1.54, 1.807) is 0 Å². The number of aryl methyl sites for hydroxylation is 1. The summed E-state index contributed by atoms with van der Waals surface area (Å²) < 4.78 is 5.42. The standard InChI is InChI=1S/C23H29N3O4/c1-4-18-14(2)20(17-12-8-9-13-19(17)25-18)22(28)30-15(3)21(27)26-23(29)24-16-10-6-5-7-11-16/h8-9,12-13,15-16H,4-7,10-11H2,1-3H3,(H2,24,26,27,29)/t15-/m1/s1. The number of aromatic nitrogens is 1. The fourth-order valence-corrected chi connectivity index (χ4v) is 3.92. The lowest BCUT2D eigenvalue weighted by Crippen LogP contribution is -2.48. The summed E-state index contributed by atoms with van der Waals surface area (Å²) in [5.41, 5.74) is 2.66. The molecule has 0 unspecified atom stereocenters. The quantitative estimate of drug-likeness (QED) is 0.729. The number of esters is 1. The summed E-state index contributed by atoms with van der Waals surface area (Å²) >= 11 is 0. The highest BCUT2D eigenvalue weighted by atomic mass is 16.5. The fourth-order valence-electron chi connectivity index (χ4n) is 3.92. The van der Waals surface area contributed by atoms with Crippen molar-refractivity contribution in [2.45, 2.75) is 71.4 Å². The average Bonchev–Trinajstić information content (AvgIpc) is 2.73. The van der Waals surface area contributed by atoms with Gasteiger partial charge in [0.05, 0.1) is 11.1 Å². The molecule has 0 saturated heterocycles. The molecule has 1 fully saturated rings. The van der Waals surface area contributed by atoms with Crippen LogP contribution in [0.3, 0.4) is 0 Å². The second-order valence-corrected chi connectivity index (χ2v) is 7.77. The van der Waals surface area contributed by atoms with Gasteiger partial charge in [0.25, 0.3) is 5.91 Å². The smallest absolute Gasteiger partial charge is 0.339 e. The average molecular weight is 412 g/mol. The monoisotopic (exact) mass is 411 g/mol. The van der Waals surface area contributed by atoms with Crippen LogP contribution in [0.4, 0.5) is 4.79 Å². The number of benzene rings is 1. The molecule has 1 heterocycles. The fraction of sp³-hybridized carbons (Fsp3) is 0.478. The largest absolute Gasteiger partial charge is 0.449 e. The Bertz CT molecular complexity index is 951. The van der Waals surface area contributed by atoms with Gasteiger partial charge in [-0.05, 0) is 44.7 Å². The Morgan fingerprint density at radius 2 is 1.87 bits per heavy atom. The van der Waals surface area contributed by atoms with Crippen LogP contribution in [-0.4, -0.2) is 35.0 Å². The van der Waals surface area contributed by atoms with Gasteiger partial charge >= 0.3 is 12.0 Å². The molecule has 1 aromatic carbocycles. The number of carbonyl (C=O) groups excluding carboxylic acids is 3. The first-order valence-electron chi connectivity index (χ1n) is 10.6. The highest BCUT2D eigenvalue weighted by Gasteiger charge is 2.25. The Labute approximate surface area is 176 Å². The van der Waals surface area contributed by atoms with Gasteiger partial charge in [0, 0.05) is 17.1 Å². The summed E-state index contributed by atoms with van der Waals surface area (Å²) in [6.45, 7) is 5.26. The zero-order valence-electron chi connectivity index (χ0n) is 17.8. The summed E-state index contributed by atoms with van der Waals surface area (Å²) in [6, 6.07) is 6.89. The number of nitrogens with one attached hydrogen (secondary N) is 2. The number of para-hydroxylation sites is 1. The van der Waals surface area contributed by atoms with Crippen molar-refractivity contribution in [2.75, 3.05) is 0 Å². The van der Waals surface area contributed by atoms with Crippen molar-refractivity contribution in [2.24, 2.45) is 0 Å². The zero-order valence-corrected chi connectivity index (χ0v) is 17.8. The molecule has 7 nitrogen and oxygen atoms in total. The van der Waals surface area contributed by atoms with Gasteiger partial charge in [0.2, 0.25) is 0 Å². The Hall–Kier alpha value is -2.96. The third kappa shape index (κ3) is 4.96. The molecular weight excluding hydrogens is 382 g/mol. The summed E-state index contributed by atoms with van der Waals surface area (Å²) in [7, 11) is 0. The Morgan fingerprint density at radius 1 is 1.17 bits per heavy atom. The van der Waals surface area contributed by atoms with E-state index < -0.39 is 24.0 Å². The molecule has 2 aromatic rings. The molecule has 7 heteroatoms. The maximum atomic E-state index is 12.9. The topological polar surface area (TPSA) is 97.4 Å². The van der Waals surface area contributed by atoms with E-state index in [0.717, 1.165) is 36.9 Å². The van der Waals surface area contributed by atoms with Crippen LogP contribution in [0.5, 0.6) is 0 Å². The van der Waals surface area contributed by atoms with E-state index in [4.69, 9.17) is 4.74 Å². The molecule has 1 aliphatic carbocycles. The van der Waals surface area contributed by atoms with E-state index in [1.165, 1.54) is 13.3 Å². The zero-order chi connectivity index (χ0) is 21.7. The summed E-state index contributed by atoms with van der Waals surface area (Å²) in [6.07, 6.45) is 4.73. The molecule has 30 heavy (non-hydrogen) atoms. The second-order valence-electron chi connectivity index (χ2n) is 7.77. The van der Waals surface area contributed by atoms with Gasteiger partial charge in [-0.15, -0.1) is 0 Å². The van der Waals surface area contributed by atoms with E-state index in [0.29, 0.717) is 22.9 Å². The van der Waals surface area contributed by atoms with Crippen LogP contribution in [0.2, 0.25) is 0 Å². The Balaban J connectivity index is 1.68. The maximum absolute atomic E-state index is 12.9. The SMILES string of the molecule is CCc1nc2ccccc2c(C(=O)O[C@H](C)C(=O)NC(=O)NC2CCCCC2)c1C. The van der Waals surface area contributed by atoms with Gasteiger partial charge < -0.3 is 10.1 Å². The first kappa shape index (κ1) is 21.7. The number of hydrogen-bond acceptors (Lipinski definition) is 5. The normalized spacial score (nSPS) is 15.4. The number of urea groups is 1. The predicted octanol–water partition coefficient (Wildman–Crippen LogP) is 3.81. The minimum Gasteiger partial charge on any atom is -0.449 e. The molecule has 1 saturated carbocycles. The summed E-state index contributed by atoms with van der Waals surface area (Å²) in [4.78, 5) is 42.0. The predicted molar refractivity (Wildman–Crippen MR) is 114 cm³/mol. The van der Waals surface area contributed by atoms with Crippen molar-refractivity contribution in [1.82, 2.24) is 15.6 Å². The number of hydrogen-bond donors (Lipinski definition) is 2. The molecular formula is C23H29N3O4. The highest BCUT2D eigenvalue weighted by molar-refractivity contribution is 6.06. The molecule has 2 N–H and O–H groups in total. The van der Waals surface area contributed by atoms with Gasteiger partial charge in [-0.25, -0.2) is 9.59 Å². The van der Waals surface area contributed by atoms with Crippen molar-refractivity contribution < 1.29 is 19.1 Å². The first-order chi connectivity index (χ1) is 14.4. The van der Waals surface area contributed by atoms with Gasteiger partial charge in [-0.1, -0.05) is 44.4 Å². The third-order valence-electron chi connectivity index (χ3n) is 5.61. The Kier molecular flexibility index (Phi) is 7.03. The number of nitrogens with zero attached hydrogens (tertiary/aromatic N) is 1. The van der Waals surface area contributed by atoms with E-state index in [1.807, 2.05) is 38.1 Å². The van der Waals surface area contributed by atoms with Crippen molar-refractivity contribution >= 4 is 28.8 Å². The lowest BCUT2D eigenvalue weighted by Gasteiger charge is -2.23. The molecule has 160 valence electrons. The Morgan fingerprint density at radius 3 is 2.57 bits per heavy atom. The second kappa shape index (κ2) is 9.69. The van der Waals surface area contributed by atoms with Crippen molar-refractivity contribution in [3.05, 3.63) is 41.1 Å². The van der Waals surface area contributed by atoms with Crippen molar-refractivity contribution in [3.63, 3.8) is 0 Å². The summed E-state index contributed by atoms with van der Waals surface area (Å²) in [5, 5.41) is 5.78. The third-order valence-corrected chi connectivity index (χ3v) is 5.61. The number of imide groups is 1. The number of pyridine rings is 1. The van der Waals surface area contributed by atoms with Crippen molar-refractivity contribution in [1.29, 1.82) is 0 Å². The first-order valence-corrected chi connectivity index (χ1v) is 10.6. The van der Waals surface area contributed by atoms with E-state index in [9.17, 15) is 14.4 Å². The van der Waals surface area contributed by atoms with E-state index in [2.05, 4.69) is 15.6 Å². The van der Waals surface area contributed by atoms with Crippen LogP contribution in [0.1, 0.15) is 67.6 Å². The van der Waals surface area contributed by atoms with Crippen LogP contribution >= 0.6 is 0 Å². The van der Waals surface area contributed by atoms with E-state index >= 15 is 0 Å². The van der Waals surface area contributed by atoms with Crippen LogP contribution < -0.4 is 10.6 Å². The molecule has 0 spiro atoms. The van der Waals surface area contributed by atoms with Gasteiger partial charge in [0.1, 0.15) is 0 Å². The van der Waals surface area contributed by atoms with Crippen LogP contribution in [-0.2, 0) is 16.0 Å². The molecule has 0 bridgehead atoms. The minimum absolute atomic E-state index is 0.0858. The lowest BCUT2D eigenvalue weighted by atomic mass is 9.96. The van der Waals surface area contributed by atoms with Gasteiger partial charge in [0.15, 0.2) is 6.10 Å². The molecule has 1 aromatic heterocycles. The molecule has 1 atom stereocenters. The molecule has 3 rings (SSSR count). The minimum atomic E-state index is -1.11. The lowest BCUT2D eigenvalue weighted by molar-refractivity contribution is -0.127. The molecule has 1 aliphatic rings.